The molecule has 0 aromatic heterocycles. The number of amides is 2. The summed E-state index contributed by atoms with van der Waals surface area (Å²) in [6, 6.07) is 10.3. The summed E-state index contributed by atoms with van der Waals surface area (Å²) in [6.45, 7) is 4.62. The molecule has 0 radical (unpaired) electrons. The summed E-state index contributed by atoms with van der Waals surface area (Å²) in [7, 11) is 0. The van der Waals surface area contributed by atoms with E-state index >= 15 is 0 Å². The predicted octanol–water partition coefficient (Wildman–Crippen LogP) is 3.45. The van der Waals surface area contributed by atoms with E-state index in [0.29, 0.717) is 66.3 Å². The van der Waals surface area contributed by atoms with Crippen molar-refractivity contribution in [3.05, 3.63) is 52.5 Å². The number of carbonyl (C=O) groups excluding carboxylic acids is 2. The summed E-state index contributed by atoms with van der Waals surface area (Å²) < 4.78 is 16.3. The van der Waals surface area contributed by atoms with Crippen LogP contribution in [0.1, 0.15) is 29.3 Å². The molecule has 0 bridgehead atoms. The normalized spacial score (nSPS) is 12.3. The minimum atomic E-state index is -0.225. The lowest BCUT2D eigenvalue weighted by Gasteiger charge is -2.20. The van der Waals surface area contributed by atoms with Crippen LogP contribution in [0, 0.1) is 0 Å². The number of fused-ring (bicyclic) bond motifs is 1. The summed E-state index contributed by atoms with van der Waals surface area (Å²) in [6.07, 6.45) is 0.859. The molecule has 2 aromatic rings. The Bertz CT molecular complexity index is 903. The lowest BCUT2D eigenvalue weighted by atomic mass is 10.1. The third kappa shape index (κ3) is 6.11. The van der Waals surface area contributed by atoms with Crippen molar-refractivity contribution < 1.29 is 23.8 Å². The molecule has 2 aromatic carbocycles. The van der Waals surface area contributed by atoms with Crippen molar-refractivity contribution in [2.75, 3.05) is 38.3 Å². The molecule has 2 N–H and O–H groups in total. The molecule has 0 unspecified atom stereocenters. The SMILES string of the molecule is CCOCCCNC(=O)c1cccc(NC(=O)Cc2cc(Cl)c3c(c2)OCCO3)c1. The summed E-state index contributed by atoms with van der Waals surface area (Å²) in [4.78, 5) is 24.7. The molecule has 0 saturated heterocycles. The van der Waals surface area contributed by atoms with E-state index < -0.39 is 0 Å². The van der Waals surface area contributed by atoms with Crippen molar-refractivity contribution in [2.24, 2.45) is 0 Å². The number of rotatable bonds is 9. The molecule has 0 aliphatic carbocycles. The fourth-order valence-electron chi connectivity index (χ4n) is 3.02. The third-order valence-electron chi connectivity index (χ3n) is 4.38. The average molecular weight is 433 g/mol. The fourth-order valence-corrected chi connectivity index (χ4v) is 3.31. The standard InChI is InChI=1S/C22H25ClN2O5/c1-2-28-8-4-7-24-22(27)16-5-3-6-17(14-16)25-20(26)13-15-11-18(23)21-19(12-15)29-9-10-30-21/h3,5-6,11-12,14H,2,4,7-10,13H2,1H3,(H,24,27)(H,25,26). The van der Waals surface area contributed by atoms with Crippen molar-refractivity contribution in [1.29, 1.82) is 0 Å². The highest BCUT2D eigenvalue weighted by Gasteiger charge is 2.18. The van der Waals surface area contributed by atoms with Gasteiger partial charge in [0.25, 0.3) is 5.91 Å². The molecule has 1 heterocycles. The van der Waals surface area contributed by atoms with Crippen molar-refractivity contribution in [3.8, 4) is 11.5 Å². The molecule has 8 heteroatoms. The number of nitrogens with one attached hydrogen (secondary N) is 2. The zero-order valence-corrected chi connectivity index (χ0v) is 17.6. The second-order valence-electron chi connectivity index (χ2n) is 6.71. The zero-order valence-electron chi connectivity index (χ0n) is 16.8. The molecule has 0 atom stereocenters. The molecule has 30 heavy (non-hydrogen) atoms. The number of ether oxygens (including phenoxy) is 3. The Morgan fingerprint density at radius 2 is 2.00 bits per heavy atom. The fraction of sp³-hybridized carbons (Fsp3) is 0.364. The zero-order chi connectivity index (χ0) is 21.3. The quantitative estimate of drug-likeness (QED) is 0.593. The van der Waals surface area contributed by atoms with Gasteiger partial charge in [0.2, 0.25) is 5.91 Å². The maximum atomic E-state index is 12.5. The Labute approximate surface area is 180 Å². The van der Waals surface area contributed by atoms with E-state index in [4.69, 9.17) is 25.8 Å². The Hall–Kier alpha value is -2.77. The number of hydrogen-bond acceptors (Lipinski definition) is 5. The molecule has 3 rings (SSSR count). The van der Waals surface area contributed by atoms with Crippen LogP contribution in [0.25, 0.3) is 0 Å². The van der Waals surface area contributed by atoms with Crippen molar-refractivity contribution in [3.63, 3.8) is 0 Å². The largest absolute Gasteiger partial charge is 0.486 e. The van der Waals surface area contributed by atoms with E-state index in [1.54, 1.807) is 36.4 Å². The van der Waals surface area contributed by atoms with Crippen LogP contribution < -0.4 is 20.1 Å². The van der Waals surface area contributed by atoms with Crippen LogP contribution in [0.15, 0.2) is 36.4 Å². The van der Waals surface area contributed by atoms with E-state index in [0.717, 1.165) is 6.42 Å². The molecule has 0 spiro atoms. The Morgan fingerprint density at radius 3 is 2.83 bits per heavy atom. The van der Waals surface area contributed by atoms with Gasteiger partial charge in [0, 0.05) is 31.0 Å². The first kappa shape index (κ1) is 21.9. The van der Waals surface area contributed by atoms with Gasteiger partial charge in [-0.2, -0.15) is 0 Å². The number of hydrogen-bond donors (Lipinski definition) is 2. The number of halogens is 1. The van der Waals surface area contributed by atoms with Gasteiger partial charge in [0.1, 0.15) is 13.2 Å². The molecule has 2 amide bonds. The molecule has 160 valence electrons. The van der Waals surface area contributed by atoms with E-state index in [9.17, 15) is 9.59 Å². The highest BCUT2D eigenvalue weighted by atomic mass is 35.5. The van der Waals surface area contributed by atoms with Crippen LogP contribution in [-0.2, 0) is 16.0 Å². The van der Waals surface area contributed by atoms with Gasteiger partial charge in [0.15, 0.2) is 11.5 Å². The van der Waals surface area contributed by atoms with Crippen LogP contribution in [0.5, 0.6) is 11.5 Å². The van der Waals surface area contributed by atoms with E-state index in [2.05, 4.69) is 10.6 Å². The first-order valence-corrected chi connectivity index (χ1v) is 10.3. The van der Waals surface area contributed by atoms with Crippen LogP contribution in [-0.4, -0.2) is 44.8 Å². The summed E-state index contributed by atoms with van der Waals surface area (Å²) >= 11 is 6.23. The third-order valence-corrected chi connectivity index (χ3v) is 4.67. The number of carbonyl (C=O) groups is 2. The molecule has 1 aliphatic rings. The lowest BCUT2D eigenvalue weighted by molar-refractivity contribution is -0.115. The van der Waals surface area contributed by atoms with E-state index in [1.807, 2.05) is 6.92 Å². The first-order valence-electron chi connectivity index (χ1n) is 9.90. The summed E-state index contributed by atoms with van der Waals surface area (Å²) in [5.74, 6) is 0.629. The molecule has 0 fully saturated rings. The second-order valence-corrected chi connectivity index (χ2v) is 7.12. The van der Waals surface area contributed by atoms with Gasteiger partial charge in [0.05, 0.1) is 11.4 Å². The van der Waals surface area contributed by atoms with Gasteiger partial charge in [-0.15, -0.1) is 0 Å². The van der Waals surface area contributed by atoms with Crippen LogP contribution in [0.3, 0.4) is 0 Å². The van der Waals surface area contributed by atoms with Gasteiger partial charge in [-0.25, -0.2) is 0 Å². The van der Waals surface area contributed by atoms with Gasteiger partial charge in [-0.3, -0.25) is 9.59 Å². The highest BCUT2D eigenvalue weighted by molar-refractivity contribution is 6.32. The average Bonchev–Trinajstić information content (AvgIpc) is 2.73. The highest BCUT2D eigenvalue weighted by Crippen LogP contribution is 2.38. The minimum absolute atomic E-state index is 0.115. The lowest BCUT2D eigenvalue weighted by Crippen LogP contribution is -2.25. The smallest absolute Gasteiger partial charge is 0.251 e. The Kier molecular flexibility index (Phi) is 7.93. The van der Waals surface area contributed by atoms with Crippen LogP contribution in [0.4, 0.5) is 5.69 Å². The molecule has 1 aliphatic heterocycles. The van der Waals surface area contributed by atoms with Crippen LogP contribution in [0.2, 0.25) is 5.02 Å². The van der Waals surface area contributed by atoms with Gasteiger partial charge < -0.3 is 24.8 Å². The number of benzene rings is 2. The molecular formula is C22H25ClN2O5. The topological polar surface area (TPSA) is 85.9 Å². The van der Waals surface area contributed by atoms with Gasteiger partial charge in [-0.05, 0) is 49.2 Å². The Balaban J connectivity index is 1.56. The van der Waals surface area contributed by atoms with Crippen molar-refractivity contribution in [1.82, 2.24) is 5.32 Å². The number of anilines is 1. The first-order chi connectivity index (χ1) is 14.6. The summed E-state index contributed by atoms with van der Waals surface area (Å²) in [5, 5.41) is 6.07. The maximum Gasteiger partial charge on any atom is 0.251 e. The molecule has 7 nitrogen and oxygen atoms in total. The van der Waals surface area contributed by atoms with Crippen LogP contribution >= 0.6 is 11.6 Å². The van der Waals surface area contributed by atoms with E-state index in [1.165, 1.54) is 0 Å². The maximum absolute atomic E-state index is 12.5. The van der Waals surface area contributed by atoms with Gasteiger partial charge >= 0.3 is 0 Å². The summed E-state index contributed by atoms with van der Waals surface area (Å²) in [5.41, 5.74) is 1.74. The predicted molar refractivity (Wildman–Crippen MR) is 115 cm³/mol. The Morgan fingerprint density at radius 1 is 1.17 bits per heavy atom. The van der Waals surface area contributed by atoms with E-state index in [-0.39, 0.29) is 18.2 Å². The molecular weight excluding hydrogens is 408 g/mol. The van der Waals surface area contributed by atoms with Gasteiger partial charge in [-0.1, -0.05) is 17.7 Å². The van der Waals surface area contributed by atoms with Crippen molar-refractivity contribution >= 4 is 29.1 Å². The monoisotopic (exact) mass is 432 g/mol. The molecule has 0 saturated carbocycles. The van der Waals surface area contributed by atoms with Crippen molar-refractivity contribution in [2.45, 2.75) is 19.8 Å². The minimum Gasteiger partial charge on any atom is -0.486 e. The second kappa shape index (κ2) is 10.8.